The molecule has 1 aromatic heterocycles. The number of anilines is 1. The number of benzene rings is 2. The SMILES string of the molecule is O=C(NCc1ccc(OCc2ccccn2)cc1)N1CCCN(c2ccccc2)CC1. The van der Waals surface area contributed by atoms with Crippen LogP contribution in [0.25, 0.3) is 0 Å². The van der Waals surface area contributed by atoms with Gasteiger partial charge in [0.1, 0.15) is 12.4 Å². The molecule has 1 aliphatic rings. The Morgan fingerprint density at radius 1 is 0.903 bits per heavy atom. The van der Waals surface area contributed by atoms with Gasteiger partial charge < -0.3 is 19.9 Å². The highest BCUT2D eigenvalue weighted by Gasteiger charge is 2.19. The molecule has 160 valence electrons. The summed E-state index contributed by atoms with van der Waals surface area (Å²) in [6.07, 6.45) is 2.72. The molecule has 2 amide bonds. The van der Waals surface area contributed by atoms with Gasteiger partial charge in [0.25, 0.3) is 0 Å². The number of nitrogens with zero attached hydrogens (tertiary/aromatic N) is 3. The fourth-order valence-corrected chi connectivity index (χ4v) is 3.65. The number of hydrogen-bond donors (Lipinski definition) is 1. The first-order chi connectivity index (χ1) is 15.3. The van der Waals surface area contributed by atoms with Crippen molar-refractivity contribution in [1.82, 2.24) is 15.2 Å². The average molecular weight is 417 g/mol. The number of pyridine rings is 1. The number of rotatable bonds is 6. The largest absolute Gasteiger partial charge is 0.487 e. The highest BCUT2D eigenvalue weighted by atomic mass is 16.5. The van der Waals surface area contributed by atoms with Gasteiger partial charge >= 0.3 is 6.03 Å². The van der Waals surface area contributed by atoms with E-state index in [0.29, 0.717) is 13.2 Å². The molecule has 3 aromatic rings. The van der Waals surface area contributed by atoms with E-state index in [-0.39, 0.29) is 6.03 Å². The van der Waals surface area contributed by atoms with Crippen molar-refractivity contribution in [2.75, 3.05) is 31.1 Å². The summed E-state index contributed by atoms with van der Waals surface area (Å²) < 4.78 is 5.77. The van der Waals surface area contributed by atoms with Crippen LogP contribution < -0.4 is 15.0 Å². The molecule has 1 saturated heterocycles. The van der Waals surface area contributed by atoms with Crippen molar-refractivity contribution in [3.63, 3.8) is 0 Å². The maximum Gasteiger partial charge on any atom is 0.317 e. The second-order valence-corrected chi connectivity index (χ2v) is 7.58. The zero-order chi connectivity index (χ0) is 21.3. The number of amides is 2. The molecule has 0 spiro atoms. The molecule has 0 unspecified atom stereocenters. The standard InChI is InChI=1S/C25H28N4O2/c30-25(29-16-6-15-28(17-18-29)23-8-2-1-3-9-23)27-19-21-10-12-24(13-11-21)31-20-22-7-4-5-14-26-22/h1-5,7-14H,6,15-20H2,(H,27,30). The van der Waals surface area contributed by atoms with Gasteiger partial charge in [-0.05, 0) is 48.4 Å². The average Bonchev–Trinajstić information content (AvgIpc) is 3.10. The van der Waals surface area contributed by atoms with E-state index < -0.39 is 0 Å². The second-order valence-electron chi connectivity index (χ2n) is 7.58. The fraction of sp³-hybridized carbons (Fsp3) is 0.280. The third kappa shape index (κ3) is 5.98. The molecule has 1 N–H and O–H groups in total. The Morgan fingerprint density at radius 3 is 2.48 bits per heavy atom. The lowest BCUT2D eigenvalue weighted by Crippen LogP contribution is -2.41. The van der Waals surface area contributed by atoms with Gasteiger partial charge in [0, 0.05) is 44.6 Å². The quantitative estimate of drug-likeness (QED) is 0.658. The number of hydrogen-bond acceptors (Lipinski definition) is 4. The molecule has 31 heavy (non-hydrogen) atoms. The summed E-state index contributed by atoms with van der Waals surface area (Å²) in [6.45, 7) is 4.24. The Bertz CT molecular complexity index is 948. The van der Waals surface area contributed by atoms with Crippen LogP contribution in [0, 0.1) is 0 Å². The molecule has 4 rings (SSSR count). The molecule has 1 fully saturated rings. The Balaban J connectivity index is 1.23. The normalized spacial score (nSPS) is 14.1. The van der Waals surface area contributed by atoms with Crippen LogP contribution in [0.3, 0.4) is 0 Å². The first-order valence-electron chi connectivity index (χ1n) is 10.7. The van der Waals surface area contributed by atoms with Crippen LogP contribution in [0.15, 0.2) is 79.0 Å². The lowest BCUT2D eigenvalue weighted by Gasteiger charge is -2.24. The van der Waals surface area contributed by atoms with Crippen LogP contribution >= 0.6 is 0 Å². The van der Waals surface area contributed by atoms with Crippen LogP contribution in [0.5, 0.6) is 5.75 Å². The summed E-state index contributed by atoms with van der Waals surface area (Å²) in [5, 5.41) is 3.05. The van der Waals surface area contributed by atoms with Crippen molar-refractivity contribution in [3.05, 3.63) is 90.3 Å². The highest BCUT2D eigenvalue weighted by Crippen LogP contribution is 2.16. The maximum absolute atomic E-state index is 12.7. The molecule has 6 heteroatoms. The second kappa shape index (κ2) is 10.5. The predicted molar refractivity (Wildman–Crippen MR) is 122 cm³/mol. The van der Waals surface area contributed by atoms with Crippen LogP contribution in [-0.2, 0) is 13.2 Å². The number of carbonyl (C=O) groups excluding carboxylic acids is 1. The zero-order valence-electron chi connectivity index (χ0n) is 17.6. The van der Waals surface area contributed by atoms with Gasteiger partial charge in [-0.25, -0.2) is 4.79 Å². The molecule has 0 saturated carbocycles. The van der Waals surface area contributed by atoms with E-state index in [9.17, 15) is 4.79 Å². The zero-order valence-corrected chi connectivity index (χ0v) is 17.6. The third-order valence-corrected chi connectivity index (χ3v) is 5.38. The maximum atomic E-state index is 12.7. The number of ether oxygens (including phenoxy) is 1. The van der Waals surface area contributed by atoms with Gasteiger partial charge in [-0.1, -0.05) is 36.4 Å². The van der Waals surface area contributed by atoms with Gasteiger partial charge in [0.05, 0.1) is 5.69 Å². The van der Waals surface area contributed by atoms with Crippen molar-refractivity contribution in [2.45, 2.75) is 19.6 Å². The molecular formula is C25H28N4O2. The number of para-hydroxylation sites is 1. The number of nitrogens with one attached hydrogen (secondary N) is 1. The van der Waals surface area contributed by atoms with Gasteiger partial charge in [-0.2, -0.15) is 0 Å². The monoisotopic (exact) mass is 416 g/mol. The molecule has 0 radical (unpaired) electrons. The minimum absolute atomic E-state index is 0.00890. The van der Waals surface area contributed by atoms with E-state index in [1.807, 2.05) is 53.4 Å². The summed E-state index contributed by atoms with van der Waals surface area (Å²) in [5.41, 5.74) is 3.15. The van der Waals surface area contributed by atoms with Crippen molar-refractivity contribution < 1.29 is 9.53 Å². The number of urea groups is 1. The van der Waals surface area contributed by atoms with E-state index in [1.165, 1.54) is 5.69 Å². The van der Waals surface area contributed by atoms with Gasteiger partial charge in [-0.15, -0.1) is 0 Å². The van der Waals surface area contributed by atoms with Crippen molar-refractivity contribution in [3.8, 4) is 5.75 Å². The predicted octanol–water partition coefficient (Wildman–Crippen LogP) is 4.08. The van der Waals surface area contributed by atoms with Gasteiger partial charge in [0.15, 0.2) is 0 Å². The Hall–Kier alpha value is -3.54. The third-order valence-electron chi connectivity index (χ3n) is 5.38. The highest BCUT2D eigenvalue weighted by molar-refractivity contribution is 5.74. The number of carbonyl (C=O) groups is 1. The lowest BCUT2D eigenvalue weighted by atomic mass is 10.2. The molecule has 0 atom stereocenters. The van der Waals surface area contributed by atoms with E-state index in [0.717, 1.165) is 49.6 Å². The van der Waals surface area contributed by atoms with E-state index in [4.69, 9.17) is 4.74 Å². The van der Waals surface area contributed by atoms with Crippen molar-refractivity contribution in [1.29, 1.82) is 0 Å². The van der Waals surface area contributed by atoms with Crippen LogP contribution in [0.1, 0.15) is 17.7 Å². The van der Waals surface area contributed by atoms with Crippen LogP contribution in [0.4, 0.5) is 10.5 Å². The molecule has 2 heterocycles. The molecular weight excluding hydrogens is 388 g/mol. The first-order valence-corrected chi connectivity index (χ1v) is 10.7. The number of aromatic nitrogens is 1. The molecule has 1 aliphatic heterocycles. The van der Waals surface area contributed by atoms with Gasteiger partial charge in [-0.3, -0.25) is 4.98 Å². The topological polar surface area (TPSA) is 57.7 Å². The Labute approximate surface area is 183 Å². The Morgan fingerprint density at radius 2 is 1.71 bits per heavy atom. The Kier molecular flexibility index (Phi) is 7.00. The summed E-state index contributed by atoms with van der Waals surface area (Å²) in [6, 6.07) is 24.0. The van der Waals surface area contributed by atoms with Crippen LogP contribution in [-0.4, -0.2) is 42.1 Å². The summed E-state index contributed by atoms with van der Waals surface area (Å²) in [5.74, 6) is 0.786. The van der Waals surface area contributed by atoms with Crippen molar-refractivity contribution in [2.24, 2.45) is 0 Å². The van der Waals surface area contributed by atoms with E-state index in [2.05, 4.69) is 39.5 Å². The smallest absolute Gasteiger partial charge is 0.317 e. The minimum Gasteiger partial charge on any atom is -0.487 e. The van der Waals surface area contributed by atoms with Gasteiger partial charge in [0.2, 0.25) is 0 Å². The summed E-state index contributed by atoms with van der Waals surface area (Å²) in [7, 11) is 0. The fourth-order valence-electron chi connectivity index (χ4n) is 3.65. The first kappa shape index (κ1) is 20.7. The van der Waals surface area contributed by atoms with E-state index in [1.54, 1.807) is 6.20 Å². The lowest BCUT2D eigenvalue weighted by molar-refractivity contribution is 0.201. The van der Waals surface area contributed by atoms with E-state index >= 15 is 0 Å². The molecule has 0 aliphatic carbocycles. The van der Waals surface area contributed by atoms with Crippen molar-refractivity contribution >= 4 is 11.7 Å². The molecule has 0 bridgehead atoms. The summed E-state index contributed by atoms with van der Waals surface area (Å²) >= 11 is 0. The van der Waals surface area contributed by atoms with Crippen LogP contribution in [0.2, 0.25) is 0 Å². The molecule has 2 aromatic carbocycles. The minimum atomic E-state index is -0.00890. The summed E-state index contributed by atoms with van der Waals surface area (Å²) in [4.78, 5) is 21.2. The molecule has 6 nitrogen and oxygen atoms in total.